The van der Waals surface area contributed by atoms with Crippen molar-refractivity contribution in [3.05, 3.63) is 39.9 Å². The number of amides is 1. The molecule has 1 aromatic heterocycles. The van der Waals surface area contributed by atoms with Crippen LogP contribution in [-0.4, -0.2) is 19.0 Å². The molecule has 0 aliphatic carbocycles. The van der Waals surface area contributed by atoms with Crippen molar-refractivity contribution in [2.45, 2.75) is 0 Å². The van der Waals surface area contributed by atoms with Gasteiger partial charge in [-0.05, 0) is 12.1 Å². The maximum atomic E-state index is 12.0. The van der Waals surface area contributed by atoms with Crippen molar-refractivity contribution in [1.29, 1.82) is 0 Å². The molecule has 18 heavy (non-hydrogen) atoms. The van der Waals surface area contributed by atoms with Crippen LogP contribution in [0.1, 0.15) is 0 Å². The highest BCUT2D eigenvalue weighted by Crippen LogP contribution is 2.18. The van der Waals surface area contributed by atoms with Gasteiger partial charge in [0.05, 0.1) is 12.8 Å². The minimum absolute atomic E-state index is 0.0779. The van der Waals surface area contributed by atoms with Crippen molar-refractivity contribution < 1.29 is 14.3 Å². The van der Waals surface area contributed by atoms with Crippen LogP contribution in [0.25, 0.3) is 10.1 Å². The molecule has 6 heteroatoms. The topological polar surface area (TPSA) is 72.5 Å². The molecule has 0 unspecified atom stereocenters. The molecule has 0 saturated carbocycles. The molecule has 2 aromatic rings. The third kappa shape index (κ3) is 2.23. The number of esters is 1. The zero-order valence-electron chi connectivity index (χ0n) is 9.43. The third-order valence-electron chi connectivity index (χ3n) is 2.30. The maximum absolute atomic E-state index is 12.0. The van der Waals surface area contributed by atoms with E-state index < -0.39 is 11.9 Å². The lowest BCUT2D eigenvalue weighted by Gasteiger charge is -2.03. The first kappa shape index (κ1) is 12.3. The smallest absolute Gasteiger partial charge is 0.396 e. The van der Waals surface area contributed by atoms with Crippen molar-refractivity contribution in [3.63, 3.8) is 0 Å². The Morgan fingerprint density at radius 1 is 1.28 bits per heavy atom. The second kappa shape index (κ2) is 4.97. The number of carbonyl (C=O) groups is 2. The number of benzene rings is 1. The normalized spacial score (nSPS) is 10.1. The Morgan fingerprint density at radius 2 is 2.00 bits per heavy atom. The van der Waals surface area contributed by atoms with Crippen LogP contribution in [0.2, 0.25) is 0 Å². The van der Waals surface area contributed by atoms with Gasteiger partial charge in [-0.3, -0.25) is 9.59 Å². The van der Waals surface area contributed by atoms with Gasteiger partial charge in [-0.25, -0.2) is 4.79 Å². The molecule has 0 saturated heterocycles. The molecule has 0 radical (unpaired) electrons. The quantitative estimate of drug-likeness (QED) is 0.623. The zero-order chi connectivity index (χ0) is 13.1. The summed E-state index contributed by atoms with van der Waals surface area (Å²) in [7, 11) is 1.10. The van der Waals surface area contributed by atoms with Gasteiger partial charge in [0.15, 0.2) is 0 Å². The van der Waals surface area contributed by atoms with Gasteiger partial charge in [0, 0.05) is 15.5 Å². The largest absolute Gasteiger partial charge is 0.462 e. The molecular formula is C12H9NO4S. The molecule has 0 aliphatic rings. The van der Waals surface area contributed by atoms with Crippen LogP contribution < -0.4 is 10.7 Å². The standard InChI is InChI=1S/C12H9NO4S/c1-17-12(16)11(15)13-8-6-18-9-5-3-2-4-7(9)10(8)14/h2-6H,1H3,(H,13,15). The number of hydrogen-bond donors (Lipinski definition) is 1. The summed E-state index contributed by atoms with van der Waals surface area (Å²) >= 11 is 1.31. The molecule has 0 fully saturated rings. The fourth-order valence-electron chi connectivity index (χ4n) is 1.43. The summed E-state index contributed by atoms with van der Waals surface area (Å²) in [6.07, 6.45) is 0. The number of fused-ring (bicyclic) bond motifs is 1. The van der Waals surface area contributed by atoms with Crippen LogP contribution in [0.15, 0.2) is 34.4 Å². The zero-order valence-corrected chi connectivity index (χ0v) is 10.2. The van der Waals surface area contributed by atoms with Crippen LogP contribution in [0.5, 0.6) is 0 Å². The number of ether oxygens (including phenoxy) is 1. The average Bonchev–Trinajstić information content (AvgIpc) is 2.41. The molecule has 5 nitrogen and oxygen atoms in total. The van der Waals surface area contributed by atoms with Crippen molar-refractivity contribution in [3.8, 4) is 0 Å². The Morgan fingerprint density at radius 3 is 2.72 bits per heavy atom. The lowest BCUT2D eigenvalue weighted by atomic mass is 10.2. The minimum atomic E-state index is -1.03. The van der Waals surface area contributed by atoms with Gasteiger partial charge in [0.2, 0.25) is 5.43 Å². The Balaban J connectivity index is 2.41. The van der Waals surface area contributed by atoms with E-state index in [2.05, 4.69) is 10.1 Å². The Kier molecular flexibility index (Phi) is 3.38. The Labute approximate surface area is 106 Å². The van der Waals surface area contributed by atoms with E-state index in [-0.39, 0.29) is 11.1 Å². The number of carbonyl (C=O) groups excluding carboxylic acids is 2. The Bertz CT molecular complexity index is 677. The minimum Gasteiger partial charge on any atom is -0.462 e. The molecule has 1 amide bonds. The van der Waals surface area contributed by atoms with Gasteiger partial charge in [-0.1, -0.05) is 12.1 Å². The van der Waals surface area contributed by atoms with Crippen molar-refractivity contribution in [2.24, 2.45) is 0 Å². The lowest BCUT2D eigenvalue weighted by molar-refractivity contribution is -0.150. The van der Waals surface area contributed by atoms with Crippen LogP contribution in [-0.2, 0) is 14.3 Å². The predicted octanol–water partition coefficient (Wildman–Crippen LogP) is 1.37. The van der Waals surface area contributed by atoms with E-state index in [1.54, 1.807) is 12.1 Å². The first-order chi connectivity index (χ1) is 8.63. The van der Waals surface area contributed by atoms with Gasteiger partial charge >= 0.3 is 11.9 Å². The Hall–Kier alpha value is -2.21. The average molecular weight is 263 g/mol. The van der Waals surface area contributed by atoms with Crippen LogP contribution in [0.3, 0.4) is 0 Å². The summed E-state index contributed by atoms with van der Waals surface area (Å²) in [4.78, 5) is 34.3. The molecule has 92 valence electrons. The summed E-state index contributed by atoms with van der Waals surface area (Å²) in [6, 6.07) is 7.04. The van der Waals surface area contributed by atoms with Crippen molar-refractivity contribution in [1.82, 2.24) is 0 Å². The molecule has 1 heterocycles. The fourth-order valence-corrected chi connectivity index (χ4v) is 2.29. The highest BCUT2D eigenvalue weighted by atomic mass is 32.1. The summed E-state index contributed by atoms with van der Waals surface area (Å²) < 4.78 is 5.08. The summed E-state index contributed by atoms with van der Waals surface area (Å²) in [5.41, 5.74) is -0.240. The number of methoxy groups -OCH3 is 1. The van der Waals surface area contributed by atoms with E-state index in [1.165, 1.54) is 16.7 Å². The SMILES string of the molecule is COC(=O)C(=O)Nc1csc2ccccc2c1=O. The van der Waals surface area contributed by atoms with Gasteiger partial charge in [0.1, 0.15) is 0 Å². The summed E-state index contributed by atoms with van der Waals surface area (Å²) in [6.45, 7) is 0. The number of nitrogens with one attached hydrogen (secondary N) is 1. The van der Waals surface area contributed by atoms with Gasteiger partial charge in [-0.2, -0.15) is 0 Å². The number of anilines is 1. The predicted molar refractivity (Wildman–Crippen MR) is 68.7 cm³/mol. The van der Waals surface area contributed by atoms with Crippen molar-refractivity contribution in [2.75, 3.05) is 12.4 Å². The molecular weight excluding hydrogens is 254 g/mol. The highest BCUT2D eigenvalue weighted by molar-refractivity contribution is 7.16. The van der Waals surface area contributed by atoms with Crippen LogP contribution in [0.4, 0.5) is 5.69 Å². The van der Waals surface area contributed by atoms with E-state index in [4.69, 9.17) is 0 Å². The van der Waals surface area contributed by atoms with Gasteiger partial charge < -0.3 is 10.1 Å². The van der Waals surface area contributed by atoms with Crippen LogP contribution >= 0.6 is 11.3 Å². The van der Waals surface area contributed by atoms with Gasteiger partial charge in [0.25, 0.3) is 0 Å². The first-order valence-electron chi connectivity index (χ1n) is 5.03. The molecule has 1 N–H and O–H groups in total. The van der Waals surface area contributed by atoms with E-state index in [9.17, 15) is 14.4 Å². The van der Waals surface area contributed by atoms with E-state index in [0.717, 1.165) is 11.8 Å². The molecule has 1 aromatic carbocycles. The third-order valence-corrected chi connectivity index (χ3v) is 3.26. The first-order valence-corrected chi connectivity index (χ1v) is 5.91. The highest BCUT2D eigenvalue weighted by Gasteiger charge is 2.16. The van der Waals surface area contributed by atoms with E-state index >= 15 is 0 Å². The number of hydrogen-bond acceptors (Lipinski definition) is 5. The van der Waals surface area contributed by atoms with Crippen LogP contribution in [0, 0.1) is 0 Å². The molecule has 2 rings (SSSR count). The van der Waals surface area contributed by atoms with Crippen molar-refractivity contribution >= 4 is 39.0 Å². The molecule has 0 spiro atoms. The summed E-state index contributed by atoms with van der Waals surface area (Å²) in [5, 5.41) is 4.25. The lowest BCUT2D eigenvalue weighted by Crippen LogP contribution is -2.26. The van der Waals surface area contributed by atoms with E-state index in [1.807, 2.05) is 12.1 Å². The maximum Gasteiger partial charge on any atom is 0.396 e. The second-order valence-electron chi connectivity index (χ2n) is 3.42. The second-order valence-corrected chi connectivity index (χ2v) is 4.33. The number of rotatable bonds is 1. The fraction of sp³-hybridized carbons (Fsp3) is 0.0833. The summed E-state index contributed by atoms with van der Waals surface area (Å²) in [5.74, 6) is -2.00. The monoisotopic (exact) mass is 263 g/mol. The molecule has 0 bridgehead atoms. The van der Waals surface area contributed by atoms with Gasteiger partial charge in [-0.15, -0.1) is 11.3 Å². The van der Waals surface area contributed by atoms with E-state index in [0.29, 0.717) is 5.39 Å². The molecule has 0 aliphatic heterocycles. The molecule has 0 atom stereocenters.